The molecule has 2 aromatic carbocycles. The van der Waals surface area contributed by atoms with Gasteiger partial charge in [0.15, 0.2) is 0 Å². The van der Waals surface area contributed by atoms with Gasteiger partial charge in [0, 0.05) is 6.21 Å². The second kappa shape index (κ2) is 7.59. The number of aryl methyl sites for hydroxylation is 1. The zero-order chi connectivity index (χ0) is 19.6. The molecule has 0 unspecified atom stereocenters. The van der Waals surface area contributed by atoms with Gasteiger partial charge in [-0.2, -0.15) is 0 Å². The lowest BCUT2D eigenvalue weighted by atomic mass is 10.1. The van der Waals surface area contributed by atoms with Crippen LogP contribution in [0.1, 0.15) is 18.1 Å². The van der Waals surface area contributed by atoms with Gasteiger partial charge in [0.1, 0.15) is 11.4 Å². The number of rotatable bonds is 4. The van der Waals surface area contributed by atoms with Gasteiger partial charge in [0.05, 0.1) is 16.4 Å². The van der Waals surface area contributed by atoms with Crippen LogP contribution in [0.5, 0.6) is 5.88 Å². The number of benzene rings is 2. The maximum absolute atomic E-state index is 13.2. The topological polar surface area (TPSA) is 87.4 Å². The summed E-state index contributed by atoms with van der Waals surface area (Å²) in [5.74, 6) is -1.14. The molecule has 3 aromatic rings. The first kappa shape index (κ1) is 18.6. The van der Waals surface area contributed by atoms with Gasteiger partial charge < -0.3 is 5.11 Å². The van der Waals surface area contributed by atoms with Crippen molar-refractivity contribution in [1.29, 1.82) is 0 Å². The third kappa shape index (κ3) is 3.68. The van der Waals surface area contributed by atoms with E-state index in [4.69, 9.17) is 11.6 Å². The number of H-pyrrole nitrogens is 1. The number of aliphatic imine (C=N–C) groups is 1. The molecule has 1 heterocycles. The van der Waals surface area contributed by atoms with Crippen LogP contribution in [-0.4, -0.2) is 20.9 Å². The number of nitrogens with zero attached hydrogens (tertiary/aromatic N) is 2. The van der Waals surface area contributed by atoms with E-state index >= 15 is 0 Å². The molecule has 0 atom stereocenters. The summed E-state index contributed by atoms with van der Waals surface area (Å²) in [7, 11) is 0. The molecule has 27 heavy (non-hydrogen) atoms. The Balaban J connectivity index is 2.15. The van der Waals surface area contributed by atoms with Crippen LogP contribution >= 0.6 is 11.6 Å². The highest BCUT2D eigenvalue weighted by Crippen LogP contribution is 2.23. The van der Waals surface area contributed by atoms with E-state index in [-0.39, 0.29) is 16.3 Å². The Labute approximate surface area is 158 Å². The molecule has 0 saturated carbocycles. The lowest BCUT2D eigenvalue weighted by molar-refractivity contribution is 0.429. The van der Waals surface area contributed by atoms with Gasteiger partial charge >= 0.3 is 5.69 Å². The van der Waals surface area contributed by atoms with Crippen LogP contribution in [-0.2, 0) is 6.42 Å². The number of aromatic hydroxyl groups is 1. The lowest BCUT2D eigenvalue weighted by Crippen LogP contribution is -2.31. The van der Waals surface area contributed by atoms with Crippen molar-refractivity contribution in [2.75, 3.05) is 0 Å². The summed E-state index contributed by atoms with van der Waals surface area (Å²) < 4.78 is 14.2. The highest BCUT2D eigenvalue weighted by Gasteiger charge is 2.16. The van der Waals surface area contributed by atoms with Crippen LogP contribution in [0, 0.1) is 5.82 Å². The van der Waals surface area contributed by atoms with Crippen LogP contribution in [0.15, 0.2) is 57.0 Å². The highest BCUT2D eigenvalue weighted by molar-refractivity contribution is 6.31. The molecule has 138 valence electrons. The predicted octanol–water partition coefficient (Wildman–Crippen LogP) is 3.34. The first-order valence-electron chi connectivity index (χ1n) is 8.08. The molecule has 0 aliphatic heterocycles. The SMILES string of the molecule is CCc1ccccc1-n1c(O)c(C=Nc2ccc(F)c(Cl)c2)c(=O)[nH]c1=O. The molecule has 1 aromatic heterocycles. The molecule has 0 aliphatic rings. The van der Waals surface area contributed by atoms with Gasteiger partial charge in [-0.3, -0.25) is 14.8 Å². The number of hydrogen-bond donors (Lipinski definition) is 2. The van der Waals surface area contributed by atoms with Crippen molar-refractivity contribution in [3.63, 3.8) is 0 Å². The summed E-state index contributed by atoms with van der Waals surface area (Å²) in [4.78, 5) is 30.6. The molecule has 0 aliphatic carbocycles. The Bertz CT molecular complexity index is 1150. The molecule has 2 N–H and O–H groups in total. The fourth-order valence-corrected chi connectivity index (χ4v) is 2.79. The lowest BCUT2D eigenvalue weighted by Gasteiger charge is -2.13. The van der Waals surface area contributed by atoms with Crippen molar-refractivity contribution in [3.8, 4) is 11.6 Å². The Morgan fingerprint density at radius 1 is 1.26 bits per heavy atom. The van der Waals surface area contributed by atoms with Crippen LogP contribution in [0.4, 0.5) is 10.1 Å². The van der Waals surface area contributed by atoms with E-state index in [0.29, 0.717) is 12.1 Å². The van der Waals surface area contributed by atoms with Crippen molar-refractivity contribution in [3.05, 3.63) is 85.3 Å². The van der Waals surface area contributed by atoms with Crippen LogP contribution in [0.2, 0.25) is 5.02 Å². The average Bonchev–Trinajstić information content (AvgIpc) is 2.64. The Morgan fingerprint density at radius 2 is 2.00 bits per heavy atom. The van der Waals surface area contributed by atoms with E-state index in [0.717, 1.165) is 22.4 Å². The first-order chi connectivity index (χ1) is 12.9. The molecular weight excluding hydrogens is 373 g/mol. The fourth-order valence-electron chi connectivity index (χ4n) is 2.61. The number of nitrogens with one attached hydrogen (secondary N) is 1. The normalized spacial score (nSPS) is 11.2. The van der Waals surface area contributed by atoms with Crippen molar-refractivity contribution < 1.29 is 9.50 Å². The number of hydrogen-bond acceptors (Lipinski definition) is 4. The Hall–Kier alpha value is -3.19. The monoisotopic (exact) mass is 387 g/mol. The number of aromatic nitrogens is 2. The third-order valence-corrected chi connectivity index (χ3v) is 4.27. The Kier molecular flexibility index (Phi) is 5.23. The second-order valence-electron chi connectivity index (χ2n) is 5.67. The van der Waals surface area contributed by atoms with E-state index in [1.165, 1.54) is 12.1 Å². The average molecular weight is 388 g/mol. The maximum Gasteiger partial charge on any atom is 0.335 e. The van der Waals surface area contributed by atoms with Crippen LogP contribution in [0.25, 0.3) is 5.69 Å². The summed E-state index contributed by atoms with van der Waals surface area (Å²) in [5, 5.41) is 10.4. The third-order valence-electron chi connectivity index (χ3n) is 3.98. The molecule has 0 spiro atoms. The van der Waals surface area contributed by atoms with Gasteiger partial charge in [0.25, 0.3) is 5.56 Å². The van der Waals surface area contributed by atoms with Crippen LogP contribution in [0.3, 0.4) is 0 Å². The second-order valence-corrected chi connectivity index (χ2v) is 6.08. The molecule has 8 heteroatoms. The van der Waals surface area contributed by atoms with E-state index in [1.54, 1.807) is 12.1 Å². The fraction of sp³-hybridized carbons (Fsp3) is 0.105. The van der Waals surface area contributed by atoms with Crippen molar-refractivity contribution >= 4 is 23.5 Å². The zero-order valence-electron chi connectivity index (χ0n) is 14.2. The van der Waals surface area contributed by atoms with Crippen molar-refractivity contribution in [2.24, 2.45) is 4.99 Å². The molecule has 0 amide bonds. The van der Waals surface area contributed by atoms with Gasteiger partial charge in [-0.25, -0.2) is 13.8 Å². The van der Waals surface area contributed by atoms with Crippen molar-refractivity contribution in [1.82, 2.24) is 9.55 Å². The highest BCUT2D eigenvalue weighted by atomic mass is 35.5. The van der Waals surface area contributed by atoms with Gasteiger partial charge in [-0.1, -0.05) is 36.7 Å². The van der Waals surface area contributed by atoms with E-state index in [2.05, 4.69) is 9.98 Å². The standard InChI is InChI=1S/C19H15ClFN3O3/c1-2-11-5-3-4-6-16(11)24-18(26)13(17(25)23-19(24)27)10-22-12-7-8-15(21)14(20)9-12/h3-10,26H,2H2,1H3,(H,23,25,27). The zero-order valence-corrected chi connectivity index (χ0v) is 15.0. The van der Waals surface area contributed by atoms with E-state index < -0.39 is 22.9 Å². The quantitative estimate of drug-likeness (QED) is 0.673. The van der Waals surface area contributed by atoms with Gasteiger partial charge in [-0.05, 0) is 36.2 Å². The minimum Gasteiger partial charge on any atom is -0.493 e. The summed E-state index contributed by atoms with van der Waals surface area (Å²) >= 11 is 5.71. The smallest absolute Gasteiger partial charge is 0.335 e. The Morgan fingerprint density at radius 3 is 2.70 bits per heavy atom. The predicted molar refractivity (Wildman–Crippen MR) is 102 cm³/mol. The largest absolute Gasteiger partial charge is 0.493 e. The summed E-state index contributed by atoms with van der Waals surface area (Å²) in [6, 6.07) is 10.8. The number of para-hydroxylation sites is 1. The molecule has 3 rings (SSSR count). The molecule has 0 radical (unpaired) electrons. The number of halogens is 2. The van der Waals surface area contributed by atoms with Crippen LogP contribution < -0.4 is 11.2 Å². The summed E-state index contributed by atoms with van der Waals surface area (Å²) in [5.41, 5.74) is -0.207. The molecule has 0 saturated heterocycles. The van der Waals surface area contributed by atoms with Gasteiger partial charge in [0.2, 0.25) is 5.88 Å². The molecular formula is C19H15ClFN3O3. The molecule has 0 fully saturated rings. The first-order valence-corrected chi connectivity index (χ1v) is 8.46. The minimum absolute atomic E-state index is 0.121. The van der Waals surface area contributed by atoms with E-state index in [9.17, 15) is 19.1 Å². The number of aromatic amines is 1. The van der Waals surface area contributed by atoms with Gasteiger partial charge in [-0.15, -0.1) is 0 Å². The van der Waals surface area contributed by atoms with Crippen molar-refractivity contribution in [2.45, 2.75) is 13.3 Å². The maximum atomic E-state index is 13.2. The summed E-state index contributed by atoms with van der Waals surface area (Å²) in [6.07, 6.45) is 1.72. The molecule has 0 bridgehead atoms. The summed E-state index contributed by atoms with van der Waals surface area (Å²) in [6.45, 7) is 1.91. The minimum atomic E-state index is -0.792. The van der Waals surface area contributed by atoms with E-state index in [1.807, 2.05) is 19.1 Å². The molecule has 6 nitrogen and oxygen atoms in total.